The van der Waals surface area contributed by atoms with Gasteiger partial charge in [-0.15, -0.1) is 0 Å². The summed E-state index contributed by atoms with van der Waals surface area (Å²) in [5.41, 5.74) is 1.83. The van der Waals surface area contributed by atoms with Crippen LogP contribution in [-0.2, 0) is 0 Å². The van der Waals surface area contributed by atoms with Gasteiger partial charge in [0.15, 0.2) is 5.78 Å². The van der Waals surface area contributed by atoms with Crippen LogP contribution in [0.1, 0.15) is 42.6 Å². The van der Waals surface area contributed by atoms with Gasteiger partial charge in [-0.05, 0) is 37.7 Å². The Morgan fingerprint density at radius 1 is 1.28 bits per heavy atom. The Kier molecular flexibility index (Phi) is 6.88. The summed E-state index contributed by atoms with van der Waals surface area (Å²) in [5, 5.41) is 0. The molecular weight excluding hydrogens is 244 g/mol. The molecule has 0 aliphatic rings. The summed E-state index contributed by atoms with van der Waals surface area (Å²) < 4.78 is 5.64. The lowest BCUT2D eigenvalue weighted by Gasteiger charge is -2.11. The number of Topliss-reactive ketones (excluding diaryl/α,β-unsaturated/α-hetero) is 1. The summed E-state index contributed by atoms with van der Waals surface area (Å²) in [5.74, 6) is 2.47. The number of ether oxygens (including phenoxy) is 1. The van der Waals surface area contributed by atoms with E-state index in [2.05, 4.69) is 13.8 Å². The average Bonchev–Trinajstić information content (AvgIpc) is 2.37. The van der Waals surface area contributed by atoms with Gasteiger partial charge in [-0.3, -0.25) is 4.79 Å². The van der Waals surface area contributed by atoms with Crippen LogP contribution in [0.4, 0.5) is 0 Å². The smallest absolute Gasteiger partial charge is 0.176 e. The van der Waals surface area contributed by atoms with Crippen molar-refractivity contribution in [3.05, 3.63) is 29.3 Å². The maximum absolute atomic E-state index is 12.2. The Morgan fingerprint density at radius 2 is 2.06 bits per heavy atom. The van der Waals surface area contributed by atoms with Gasteiger partial charge in [-0.1, -0.05) is 25.5 Å². The van der Waals surface area contributed by atoms with Crippen LogP contribution in [0.25, 0.3) is 0 Å². The van der Waals surface area contributed by atoms with E-state index in [1.807, 2.05) is 25.1 Å². The average molecular weight is 266 g/mol. The minimum absolute atomic E-state index is 0.170. The number of ketones is 1. The van der Waals surface area contributed by atoms with Gasteiger partial charge in [-0.2, -0.15) is 11.8 Å². The van der Waals surface area contributed by atoms with Crippen molar-refractivity contribution in [3.63, 3.8) is 0 Å². The SMILES string of the molecule is CCCOc1ccc(C)cc1C(=O)CSCCC. The summed E-state index contributed by atoms with van der Waals surface area (Å²) in [6.07, 6.45) is 2.05. The highest BCUT2D eigenvalue weighted by molar-refractivity contribution is 7.99. The lowest BCUT2D eigenvalue weighted by atomic mass is 10.1. The molecule has 0 atom stereocenters. The van der Waals surface area contributed by atoms with Crippen molar-refractivity contribution >= 4 is 17.5 Å². The molecule has 0 aliphatic heterocycles. The fourth-order valence-electron chi connectivity index (χ4n) is 1.59. The van der Waals surface area contributed by atoms with Crippen LogP contribution in [-0.4, -0.2) is 23.9 Å². The zero-order valence-electron chi connectivity index (χ0n) is 11.5. The first-order valence-corrected chi connectivity index (χ1v) is 7.68. The third-order valence-electron chi connectivity index (χ3n) is 2.48. The van der Waals surface area contributed by atoms with Crippen molar-refractivity contribution in [2.75, 3.05) is 18.1 Å². The molecule has 0 spiro atoms. The molecule has 0 N–H and O–H groups in total. The molecule has 0 saturated carbocycles. The van der Waals surface area contributed by atoms with E-state index in [1.54, 1.807) is 11.8 Å². The van der Waals surface area contributed by atoms with Crippen LogP contribution < -0.4 is 4.74 Å². The Hall–Kier alpha value is -0.960. The zero-order valence-corrected chi connectivity index (χ0v) is 12.3. The number of hydrogen-bond donors (Lipinski definition) is 0. The van der Waals surface area contributed by atoms with Gasteiger partial charge in [-0.25, -0.2) is 0 Å². The molecule has 3 heteroatoms. The number of carbonyl (C=O) groups is 1. The van der Waals surface area contributed by atoms with Gasteiger partial charge < -0.3 is 4.74 Å². The van der Waals surface area contributed by atoms with E-state index in [4.69, 9.17) is 4.74 Å². The van der Waals surface area contributed by atoms with Gasteiger partial charge in [0, 0.05) is 0 Å². The van der Waals surface area contributed by atoms with Gasteiger partial charge in [0.05, 0.1) is 17.9 Å². The van der Waals surface area contributed by atoms with Crippen LogP contribution in [0, 0.1) is 6.92 Å². The van der Waals surface area contributed by atoms with Gasteiger partial charge in [0.1, 0.15) is 5.75 Å². The first-order chi connectivity index (χ1) is 8.69. The van der Waals surface area contributed by atoms with E-state index in [9.17, 15) is 4.79 Å². The maximum atomic E-state index is 12.2. The normalized spacial score (nSPS) is 10.4. The molecule has 0 unspecified atom stereocenters. The van der Waals surface area contributed by atoms with Crippen LogP contribution in [0.15, 0.2) is 18.2 Å². The van der Waals surface area contributed by atoms with Gasteiger partial charge in [0.25, 0.3) is 0 Å². The first-order valence-electron chi connectivity index (χ1n) is 6.53. The highest BCUT2D eigenvalue weighted by Crippen LogP contribution is 2.22. The standard InChI is InChI=1S/C15H22O2S/c1-4-8-17-15-7-6-12(3)10-13(15)14(16)11-18-9-5-2/h6-7,10H,4-5,8-9,11H2,1-3H3. The van der Waals surface area contributed by atoms with Crippen molar-refractivity contribution in [3.8, 4) is 5.75 Å². The number of carbonyl (C=O) groups excluding carboxylic acids is 1. The summed E-state index contributed by atoms with van der Waals surface area (Å²) in [6.45, 7) is 6.84. The number of thioether (sulfide) groups is 1. The summed E-state index contributed by atoms with van der Waals surface area (Å²) >= 11 is 1.69. The highest BCUT2D eigenvalue weighted by atomic mass is 32.2. The highest BCUT2D eigenvalue weighted by Gasteiger charge is 2.12. The number of hydrogen-bond acceptors (Lipinski definition) is 3. The Balaban J connectivity index is 2.76. The molecule has 0 radical (unpaired) electrons. The van der Waals surface area contributed by atoms with Crippen LogP contribution >= 0.6 is 11.8 Å². The summed E-state index contributed by atoms with van der Waals surface area (Å²) in [7, 11) is 0. The maximum Gasteiger partial charge on any atom is 0.176 e. The molecule has 0 amide bonds. The van der Waals surface area contributed by atoms with Crippen LogP contribution in [0.2, 0.25) is 0 Å². The van der Waals surface area contributed by atoms with Crippen LogP contribution in [0.3, 0.4) is 0 Å². The quantitative estimate of drug-likeness (QED) is 0.523. The van der Waals surface area contributed by atoms with Crippen molar-refractivity contribution < 1.29 is 9.53 Å². The largest absolute Gasteiger partial charge is 0.493 e. The zero-order chi connectivity index (χ0) is 13.4. The third-order valence-corrected chi connectivity index (χ3v) is 3.64. The monoisotopic (exact) mass is 266 g/mol. The molecule has 0 aromatic heterocycles. The first kappa shape index (κ1) is 15.1. The molecule has 0 fully saturated rings. The number of rotatable bonds is 8. The Bertz CT molecular complexity index is 388. The molecule has 100 valence electrons. The topological polar surface area (TPSA) is 26.3 Å². The Morgan fingerprint density at radius 3 is 2.72 bits per heavy atom. The van der Waals surface area contributed by atoms with E-state index >= 15 is 0 Å². The summed E-state index contributed by atoms with van der Waals surface area (Å²) in [4.78, 5) is 12.2. The van der Waals surface area contributed by atoms with Crippen LogP contribution in [0.5, 0.6) is 5.75 Å². The van der Waals surface area contributed by atoms with Crippen molar-refractivity contribution in [2.45, 2.75) is 33.6 Å². The second kappa shape index (κ2) is 8.20. The Labute approximate surface area is 114 Å². The minimum atomic E-state index is 0.170. The van der Waals surface area contributed by atoms with Crippen molar-refractivity contribution in [1.29, 1.82) is 0 Å². The second-order valence-corrected chi connectivity index (χ2v) is 5.43. The van der Waals surface area contributed by atoms with Gasteiger partial charge >= 0.3 is 0 Å². The van der Waals surface area contributed by atoms with E-state index in [1.165, 1.54) is 0 Å². The fraction of sp³-hybridized carbons (Fsp3) is 0.533. The lowest BCUT2D eigenvalue weighted by Crippen LogP contribution is -2.07. The second-order valence-electron chi connectivity index (χ2n) is 4.32. The van der Waals surface area contributed by atoms with E-state index < -0.39 is 0 Å². The van der Waals surface area contributed by atoms with Gasteiger partial charge in [0.2, 0.25) is 0 Å². The minimum Gasteiger partial charge on any atom is -0.493 e. The predicted octanol–water partition coefficient (Wildman–Crippen LogP) is 4.11. The lowest BCUT2D eigenvalue weighted by molar-refractivity contribution is 0.101. The number of aryl methyl sites for hydroxylation is 1. The molecule has 0 saturated heterocycles. The summed E-state index contributed by atoms with van der Waals surface area (Å²) in [6, 6.07) is 5.82. The molecule has 18 heavy (non-hydrogen) atoms. The third kappa shape index (κ3) is 4.73. The van der Waals surface area contributed by atoms with E-state index in [0.717, 1.165) is 35.5 Å². The molecule has 1 aromatic carbocycles. The van der Waals surface area contributed by atoms with E-state index in [-0.39, 0.29) is 5.78 Å². The van der Waals surface area contributed by atoms with Crippen molar-refractivity contribution in [2.24, 2.45) is 0 Å². The molecule has 0 bridgehead atoms. The van der Waals surface area contributed by atoms with E-state index in [0.29, 0.717) is 12.4 Å². The number of benzene rings is 1. The predicted molar refractivity (Wildman–Crippen MR) is 78.9 cm³/mol. The molecular formula is C15H22O2S. The molecule has 0 heterocycles. The molecule has 1 aromatic rings. The fourth-order valence-corrected chi connectivity index (χ4v) is 2.36. The van der Waals surface area contributed by atoms with Crippen molar-refractivity contribution in [1.82, 2.24) is 0 Å². The molecule has 1 rings (SSSR count). The molecule has 2 nitrogen and oxygen atoms in total. The molecule has 0 aliphatic carbocycles.